The van der Waals surface area contributed by atoms with Crippen molar-refractivity contribution in [3.05, 3.63) is 33.2 Å². The predicted molar refractivity (Wildman–Crippen MR) is 69.0 cm³/mol. The van der Waals surface area contributed by atoms with Gasteiger partial charge in [-0.2, -0.15) is 0 Å². The summed E-state index contributed by atoms with van der Waals surface area (Å²) in [7, 11) is 1.74. The Morgan fingerprint density at radius 2 is 2.38 bits per heavy atom. The van der Waals surface area contributed by atoms with E-state index in [1.165, 1.54) is 0 Å². The van der Waals surface area contributed by atoms with Crippen LogP contribution in [-0.4, -0.2) is 17.9 Å². The van der Waals surface area contributed by atoms with E-state index in [-0.39, 0.29) is 11.4 Å². The highest BCUT2D eigenvalue weighted by atomic mass is 79.9. The molecular weight excluding hydrogens is 288 g/mol. The molecule has 86 valence electrons. The van der Waals surface area contributed by atoms with Gasteiger partial charge in [0.2, 0.25) is 5.91 Å². The van der Waals surface area contributed by atoms with E-state index in [0.717, 1.165) is 9.35 Å². The molecule has 1 aliphatic rings. The molecule has 0 aromatic carbocycles. The Morgan fingerprint density at radius 1 is 1.69 bits per heavy atom. The molecule has 1 N–H and O–H groups in total. The van der Waals surface area contributed by atoms with E-state index in [2.05, 4.69) is 27.8 Å². The monoisotopic (exact) mass is 300 g/mol. The quantitative estimate of drug-likeness (QED) is 0.865. The first kappa shape index (κ1) is 11.7. The van der Waals surface area contributed by atoms with E-state index in [1.54, 1.807) is 23.3 Å². The molecule has 1 amide bonds. The first-order valence-electron chi connectivity index (χ1n) is 4.90. The molecule has 0 radical (unpaired) electrons. The molecule has 16 heavy (non-hydrogen) atoms. The molecule has 0 saturated carbocycles. The Morgan fingerprint density at radius 3 is 2.88 bits per heavy atom. The second kappa shape index (κ2) is 3.89. The Labute approximate surface area is 107 Å². The van der Waals surface area contributed by atoms with Crippen LogP contribution < -0.4 is 5.32 Å². The van der Waals surface area contributed by atoms with Gasteiger partial charge in [0.05, 0.1) is 12.0 Å². The van der Waals surface area contributed by atoms with Gasteiger partial charge in [-0.05, 0) is 28.9 Å². The Kier molecular flexibility index (Phi) is 2.84. The van der Waals surface area contributed by atoms with Crippen LogP contribution in [0.25, 0.3) is 0 Å². The molecule has 0 spiro atoms. The van der Waals surface area contributed by atoms with Crippen molar-refractivity contribution in [1.29, 1.82) is 0 Å². The lowest BCUT2D eigenvalue weighted by Gasteiger charge is -2.39. The molecular formula is C11H13BrN2OS. The van der Waals surface area contributed by atoms with Gasteiger partial charge in [-0.3, -0.25) is 4.79 Å². The number of rotatable bonds is 1. The highest BCUT2D eigenvalue weighted by Crippen LogP contribution is 2.35. The second-order valence-corrected chi connectivity index (χ2v) is 5.99. The van der Waals surface area contributed by atoms with E-state index >= 15 is 0 Å². The number of nitrogens with one attached hydrogen (secondary N) is 1. The summed E-state index contributed by atoms with van der Waals surface area (Å²) in [6.45, 7) is 5.89. The topological polar surface area (TPSA) is 32.3 Å². The lowest BCUT2D eigenvalue weighted by atomic mass is 9.93. The fraction of sp³-hybridized carbons (Fsp3) is 0.364. The van der Waals surface area contributed by atoms with Crippen molar-refractivity contribution in [3.63, 3.8) is 0 Å². The summed E-state index contributed by atoms with van der Waals surface area (Å²) in [6, 6.07) is 2.05. The van der Waals surface area contributed by atoms with Gasteiger partial charge in [-0.1, -0.05) is 6.58 Å². The molecule has 0 aliphatic carbocycles. The van der Waals surface area contributed by atoms with Gasteiger partial charge in [0.15, 0.2) is 0 Å². The zero-order valence-electron chi connectivity index (χ0n) is 9.21. The van der Waals surface area contributed by atoms with Gasteiger partial charge >= 0.3 is 0 Å². The third-order valence-electron chi connectivity index (χ3n) is 2.82. The van der Waals surface area contributed by atoms with E-state index in [4.69, 9.17) is 0 Å². The normalized spacial score (nSPS) is 25.8. The number of thiophene rings is 1. The second-order valence-electron chi connectivity index (χ2n) is 4.16. The van der Waals surface area contributed by atoms with Crippen LogP contribution in [0.1, 0.15) is 18.2 Å². The summed E-state index contributed by atoms with van der Waals surface area (Å²) in [6.07, 6.45) is 0.454. The van der Waals surface area contributed by atoms with Crippen molar-refractivity contribution in [2.24, 2.45) is 0 Å². The molecule has 1 atom stereocenters. The fourth-order valence-corrected chi connectivity index (χ4v) is 3.32. The summed E-state index contributed by atoms with van der Waals surface area (Å²) in [5.41, 5.74) is -0.336. The van der Waals surface area contributed by atoms with Crippen molar-refractivity contribution in [2.45, 2.75) is 18.9 Å². The van der Waals surface area contributed by atoms with Crippen LogP contribution in [0, 0.1) is 0 Å². The number of carbonyl (C=O) groups excluding carboxylic acids is 1. The number of hydrogen-bond donors (Lipinski definition) is 1. The SMILES string of the molecule is C=C1N[C@](C)(c2cc(Br)cs2)CC(=O)N1C. The fourth-order valence-electron chi connectivity index (χ4n) is 1.77. The summed E-state index contributed by atoms with van der Waals surface area (Å²) >= 11 is 5.07. The van der Waals surface area contributed by atoms with Gasteiger partial charge in [-0.15, -0.1) is 11.3 Å². The third kappa shape index (κ3) is 1.89. The average molecular weight is 301 g/mol. The lowest BCUT2D eigenvalue weighted by Crippen LogP contribution is -2.52. The van der Waals surface area contributed by atoms with E-state index < -0.39 is 0 Å². The standard InChI is InChI=1S/C11H13BrN2OS/c1-7-13-11(2,5-10(15)14(7)3)9-4-8(12)6-16-9/h4,6,13H,1,5H2,2-3H3/t11-/m0/s1. The number of amides is 1. The number of nitrogens with zero attached hydrogens (tertiary/aromatic N) is 1. The first-order valence-corrected chi connectivity index (χ1v) is 6.58. The van der Waals surface area contributed by atoms with Gasteiger partial charge < -0.3 is 10.2 Å². The van der Waals surface area contributed by atoms with E-state index in [0.29, 0.717) is 12.2 Å². The summed E-state index contributed by atoms with van der Waals surface area (Å²) in [4.78, 5) is 14.5. The molecule has 0 bridgehead atoms. The molecule has 5 heteroatoms. The zero-order chi connectivity index (χ0) is 11.9. The number of halogens is 1. The van der Waals surface area contributed by atoms with Crippen LogP contribution in [-0.2, 0) is 10.3 Å². The summed E-state index contributed by atoms with van der Waals surface area (Å²) in [5, 5.41) is 5.32. The first-order chi connectivity index (χ1) is 7.42. The lowest BCUT2D eigenvalue weighted by molar-refractivity contribution is -0.132. The highest BCUT2D eigenvalue weighted by molar-refractivity contribution is 9.10. The molecule has 1 aromatic heterocycles. The molecule has 1 saturated heterocycles. The number of hydrogen-bond acceptors (Lipinski definition) is 3. The van der Waals surface area contributed by atoms with Crippen LogP contribution in [0.5, 0.6) is 0 Å². The van der Waals surface area contributed by atoms with Gasteiger partial charge in [0, 0.05) is 21.8 Å². The molecule has 1 aromatic rings. The number of carbonyl (C=O) groups is 1. The van der Waals surface area contributed by atoms with Crippen LogP contribution >= 0.6 is 27.3 Å². The third-order valence-corrected chi connectivity index (χ3v) is 4.77. The minimum absolute atomic E-state index is 0.0933. The summed E-state index contributed by atoms with van der Waals surface area (Å²) in [5.74, 6) is 0.749. The van der Waals surface area contributed by atoms with E-state index in [1.807, 2.05) is 18.4 Å². The van der Waals surface area contributed by atoms with Crippen molar-refractivity contribution in [2.75, 3.05) is 7.05 Å². The smallest absolute Gasteiger partial charge is 0.230 e. The maximum absolute atomic E-state index is 11.8. The summed E-state index contributed by atoms with van der Waals surface area (Å²) < 4.78 is 1.05. The van der Waals surface area contributed by atoms with Crippen molar-refractivity contribution in [1.82, 2.24) is 10.2 Å². The highest BCUT2D eigenvalue weighted by Gasteiger charge is 2.37. The minimum Gasteiger partial charge on any atom is -0.361 e. The average Bonchev–Trinajstić information content (AvgIpc) is 2.62. The maximum Gasteiger partial charge on any atom is 0.230 e. The predicted octanol–water partition coefficient (Wildman–Crippen LogP) is 2.65. The van der Waals surface area contributed by atoms with E-state index in [9.17, 15) is 4.79 Å². The molecule has 2 rings (SSSR count). The van der Waals surface area contributed by atoms with Crippen molar-refractivity contribution in [3.8, 4) is 0 Å². The van der Waals surface area contributed by atoms with Crippen LogP contribution in [0.4, 0.5) is 0 Å². The van der Waals surface area contributed by atoms with Crippen molar-refractivity contribution < 1.29 is 4.79 Å². The van der Waals surface area contributed by atoms with Gasteiger partial charge in [-0.25, -0.2) is 0 Å². The van der Waals surface area contributed by atoms with Gasteiger partial charge in [0.25, 0.3) is 0 Å². The molecule has 0 unspecified atom stereocenters. The molecule has 1 aliphatic heterocycles. The van der Waals surface area contributed by atoms with Crippen LogP contribution in [0.2, 0.25) is 0 Å². The van der Waals surface area contributed by atoms with Crippen molar-refractivity contribution >= 4 is 33.2 Å². The zero-order valence-corrected chi connectivity index (χ0v) is 11.6. The van der Waals surface area contributed by atoms with Gasteiger partial charge in [0.1, 0.15) is 5.82 Å². The van der Waals surface area contributed by atoms with Crippen LogP contribution in [0.15, 0.2) is 28.3 Å². The van der Waals surface area contributed by atoms with Crippen LogP contribution in [0.3, 0.4) is 0 Å². The molecule has 2 heterocycles. The minimum atomic E-state index is -0.336. The Hall–Kier alpha value is -0.810. The molecule has 3 nitrogen and oxygen atoms in total. The largest absolute Gasteiger partial charge is 0.361 e. The molecule has 1 fully saturated rings. The maximum atomic E-state index is 11.8. The Balaban J connectivity index is 2.33. The Bertz CT molecular complexity index is 437.